The molecule has 2 N–H and O–H groups in total. The molecule has 2 rings (SSSR count). The zero-order chi connectivity index (χ0) is 13.0. The molecule has 4 heteroatoms. The standard InChI is InChI=1S/C14H23BrN2S/c1-17(8-11-5-3-2-4-6-11)14(7-16)12-9-18-10-13(12)15/h9-11,14H,2-8,16H2,1H3. The predicted molar refractivity (Wildman–Crippen MR) is 83.0 cm³/mol. The summed E-state index contributed by atoms with van der Waals surface area (Å²) in [7, 11) is 2.22. The molecule has 1 unspecified atom stereocenters. The van der Waals surface area contributed by atoms with Crippen LogP contribution in [0, 0.1) is 5.92 Å². The molecule has 1 atom stereocenters. The summed E-state index contributed by atoms with van der Waals surface area (Å²) in [5, 5.41) is 4.37. The summed E-state index contributed by atoms with van der Waals surface area (Å²) in [5.41, 5.74) is 7.33. The number of likely N-dealkylation sites (N-methyl/N-ethyl adjacent to an activating group) is 1. The molecule has 0 saturated heterocycles. The number of hydrogen-bond acceptors (Lipinski definition) is 3. The van der Waals surface area contributed by atoms with Crippen LogP contribution in [0.4, 0.5) is 0 Å². The zero-order valence-electron chi connectivity index (χ0n) is 11.1. The van der Waals surface area contributed by atoms with Crippen LogP contribution < -0.4 is 5.73 Å². The number of thiophene rings is 1. The van der Waals surface area contributed by atoms with Crippen LogP contribution in [0.2, 0.25) is 0 Å². The van der Waals surface area contributed by atoms with Gasteiger partial charge in [-0.2, -0.15) is 11.3 Å². The lowest BCUT2D eigenvalue weighted by Crippen LogP contribution is -2.34. The topological polar surface area (TPSA) is 29.3 Å². The second kappa shape index (κ2) is 7.04. The van der Waals surface area contributed by atoms with Gasteiger partial charge in [0.15, 0.2) is 0 Å². The zero-order valence-corrected chi connectivity index (χ0v) is 13.5. The minimum absolute atomic E-state index is 0.354. The van der Waals surface area contributed by atoms with Gasteiger partial charge in [-0.1, -0.05) is 19.3 Å². The van der Waals surface area contributed by atoms with Crippen LogP contribution in [0.25, 0.3) is 0 Å². The van der Waals surface area contributed by atoms with Gasteiger partial charge < -0.3 is 5.73 Å². The molecular formula is C14H23BrN2S. The van der Waals surface area contributed by atoms with Gasteiger partial charge in [0.1, 0.15) is 0 Å². The molecule has 0 radical (unpaired) electrons. The summed E-state index contributed by atoms with van der Waals surface area (Å²) in [5.74, 6) is 0.871. The van der Waals surface area contributed by atoms with E-state index in [9.17, 15) is 0 Å². The molecule has 1 aromatic rings. The predicted octanol–water partition coefficient (Wildman–Crippen LogP) is 4.02. The van der Waals surface area contributed by atoms with Crippen LogP contribution in [0.1, 0.15) is 43.7 Å². The summed E-state index contributed by atoms with van der Waals surface area (Å²) < 4.78 is 1.21. The average molecular weight is 331 g/mol. The molecule has 0 aromatic carbocycles. The van der Waals surface area contributed by atoms with Crippen molar-refractivity contribution in [3.8, 4) is 0 Å². The van der Waals surface area contributed by atoms with Crippen LogP contribution in [-0.4, -0.2) is 25.0 Å². The average Bonchev–Trinajstić information content (AvgIpc) is 2.78. The van der Waals surface area contributed by atoms with E-state index in [-0.39, 0.29) is 0 Å². The van der Waals surface area contributed by atoms with Crippen LogP contribution in [0.3, 0.4) is 0 Å². The molecule has 1 aliphatic rings. The summed E-state index contributed by atoms with van der Waals surface area (Å²) >= 11 is 5.37. The van der Waals surface area contributed by atoms with Gasteiger partial charge in [-0.05, 0) is 52.7 Å². The number of rotatable bonds is 5. The SMILES string of the molecule is CN(CC1CCCCC1)C(CN)c1cscc1Br. The van der Waals surface area contributed by atoms with Crippen LogP contribution in [0.15, 0.2) is 15.2 Å². The van der Waals surface area contributed by atoms with Crippen molar-refractivity contribution >= 4 is 27.3 Å². The van der Waals surface area contributed by atoms with Gasteiger partial charge in [0.25, 0.3) is 0 Å². The normalized spacial score (nSPS) is 19.3. The lowest BCUT2D eigenvalue weighted by Gasteiger charge is -2.32. The lowest BCUT2D eigenvalue weighted by molar-refractivity contribution is 0.185. The van der Waals surface area contributed by atoms with Gasteiger partial charge in [0.05, 0.1) is 0 Å². The Morgan fingerprint density at radius 2 is 2.11 bits per heavy atom. The van der Waals surface area contributed by atoms with Gasteiger partial charge in [0.2, 0.25) is 0 Å². The molecule has 1 aliphatic carbocycles. The fraction of sp³-hybridized carbons (Fsp3) is 0.714. The Bertz CT molecular complexity index is 360. The molecule has 0 amide bonds. The van der Waals surface area contributed by atoms with E-state index in [1.54, 1.807) is 11.3 Å². The highest BCUT2D eigenvalue weighted by Crippen LogP contribution is 2.32. The molecule has 1 saturated carbocycles. The smallest absolute Gasteiger partial charge is 0.0486 e. The first-order valence-corrected chi connectivity index (χ1v) is 8.58. The number of nitrogens with two attached hydrogens (primary N) is 1. The van der Waals surface area contributed by atoms with Gasteiger partial charge in [-0.3, -0.25) is 4.90 Å². The fourth-order valence-corrected chi connectivity index (χ4v) is 4.59. The van der Waals surface area contributed by atoms with Crippen molar-refractivity contribution in [1.82, 2.24) is 4.90 Å². The first-order valence-electron chi connectivity index (χ1n) is 6.84. The van der Waals surface area contributed by atoms with Crippen molar-refractivity contribution in [1.29, 1.82) is 0 Å². The van der Waals surface area contributed by atoms with E-state index < -0.39 is 0 Å². The van der Waals surface area contributed by atoms with E-state index in [2.05, 4.69) is 38.6 Å². The van der Waals surface area contributed by atoms with E-state index in [4.69, 9.17) is 5.73 Å². The van der Waals surface area contributed by atoms with E-state index in [1.807, 2.05) is 0 Å². The number of hydrogen-bond donors (Lipinski definition) is 1. The first kappa shape index (κ1) is 14.5. The highest BCUT2D eigenvalue weighted by Gasteiger charge is 2.22. The fourth-order valence-electron chi connectivity index (χ4n) is 2.98. The van der Waals surface area contributed by atoms with E-state index >= 15 is 0 Å². The van der Waals surface area contributed by atoms with Gasteiger partial charge in [0, 0.05) is 29.0 Å². The van der Waals surface area contributed by atoms with Gasteiger partial charge in [-0.15, -0.1) is 0 Å². The minimum Gasteiger partial charge on any atom is -0.329 e. The highest BCUT2D eigenvalue weighted by molar-refractivity contribution is 9.10. The van der Waals surface area contributed by atoms with Crippen LogP contribution in [-0.2, 0) is 0 Å². The Morgan fingerprint density at radius 3 is 2.67 bits per heavy atom. The maximum atomic E-state index is 5.98. The molecule has 2 nitrogen and oxygen atoms in total. The van der Waals surface area contributed by atoms with Gasteiger partial charge in [-0.25, -0.2) is 0 Å². The first-order chi connectivity index (χ1) is 8.72. The van der Waals surface area contributed by atoms with Crippen molar-refractivity contribution in [2.45, 2.75) is 38.1 Å². The quantitative estimate of drug-likeness (QED) is 0.883. The Labute approximate surface area is 123 Å². The second-order valence-corrected chi connectivity index (χ2v) is 6.97. The molecule has 102 valence electrons. The largest absolute Gasteiger partial charge is 0.329 e. The summed E-state index contributed by atoms with van der Waals surface area (Å²) in [6.45, 7) is 1.88. The van der Waals surface area contributed by atoms with Crippen LogP contribution in [0.5, 0.6) is 0 Å². The maximum absolute atomic E-state index is 5.98. The third kappa shape index (κ3) is 3.56. The number of nitrogens with zero attached hydrogens (tertiary/aromatic N) is 1. The number of halogens is 1. The second-order valence-electron chi connectivity index (χ2n) is 5.37. The third-order valence-corrected chi connectivity index (χ3v) is 5.78. The molecule has 18 heavy (non-hydrogen) atoms. The van der Waals surface area contributed by atoms with Crippen molar-refractivity contribution in [3.63, 3.8) is 0 Å². The van der Waals surface area contributed by atoms with E-state index in [0.29, 0.717) is 12.6 Å². The van der Waals surface area contributed by atoms with E-state index in [0.717, 1.165) is 5.92 Å². The molecular weight excluding hydrogens is 308 g/mol. The molecule has 1 aromatic heterocycles. The molecule has 0 spiro atoms. The van der Waals surface area contributed by atoms with Crippen molar-refractivity contribution in [3.05, 3.63) is 20.8 Å². The molecule has 1 heterocycles. The Balaban J connectivity index is 1.97. The Hall–Kier alpha value is 0.100. The molecule has 0 aliphatic heterocycles. The van der Waals surface area contributed by atoms with Crippen molar-refractivity contribution < 1.29 is 0 Å². The Morgan fingerprint density at radius 1 is 1.39 bits per heavy atom. The van der Waals surface area contributed by atoms with Crippen LogP contribution >= 0.6 is 27.3 Å². The monoisotopic (exact) mass is 330 g/mol. The summed E-state index contributed by atoms with van der Waals surface area (Å²) in [6, 6.07) is 0.354. The minimum atomic E-state index is 0.354. The molecule has 1 fully saturated rings. The summed E-state index contributed by atoms with van der Waals surface area (Å²) in [4.78, 5) is 2.45. The lowest BCUT2D eigenvalue weighted by atomic mass is 9.88. The van der Waals surface area contributed by atoms with Gasteiger partial charge >= 0.3 is 0 Å². The maximum Gasteiger partial charge on any atom is 0.0486 e. The van der Waals surface area contributed by atoms with Crippen molar-refractivity contribution in [2.24, 2.45) is 11.7 Å². The third-order valence-electron chi connectivity index (χ3n) is 4.03. The molecule has 0 bridgehead atoms. The highest BCUT2D eigenvalue weighted by atomic mass is 79.9. The van der Waals surface area contributed by atoms with Crippen molar-refractivity contribution in [2.75, 3.05) is 20.1 Å². The summed E-state index contributed by atoms with van der Waals surface area (Å²) in [6.07, 6.45) is 7.04. The Kier molecular flexibility index (Phi) is 5.67. The van der Waals surface area contributed by atoms with E-state index in [1.165, 1.54) is 48.7 Å².